The number of hydrogen-bond acceptors (Lipinski definition) is 4. The number of benzene rings is 2. The summed E-state index contributed by atoms with van der Waals surface area (Å²) in [7, 11) is 0. The van der Waals surface area contributed by atoms with Crippen molar-refractivity contribution in [2.45, 2.75) is 20.0 Å². The molecule has 0 spiro atoms. The minimum Gasteiger partial charge on any atom is -0.507 e. The van der Waals surface area contributed by atoms with E-state index in [4.69, 9.17) is 4.74 Å². The predicted molar refractivity (Wildman–Crippen MR) is 86.3 cm³/mol. The van der Waals surface area contributed by atoms with Gasteiger partial charge in [0.1, 0.15) is 12.3 Å². The van der Waals surface area contributed by atoms with Gasteiger partial charge in [-0.2, -0.15) is 0 Å². The van der Waals surface area contributed by atoms with Crippen molar-refractivity contribution in [3.8, 4) is 5.75 Å². The molecule has 114 valence electrons. The fourth-order valence-corrected chi connectivity index (χ4v) is 2.05. The normalized spacial score (nSPS) is 11.5. The van der Waals surface area contributed by atoms with Crippen LogP contribution in [0.3, 0.4) is 0 Å². The van der Waals surface area contributed by atoms with Gasteiger partial charge in [-0.1, -0.05) is 42.5 Å². The summed E-state index contributed by atoms with van der Waals surface area (Å²) in [5.74, 6) is -0.263. The molecule has 0 amide bonds. The van der Waals surface area contributed by atoms with Crippen molar-refractivity contribution in [3.05, 3.63) is 65.7 Å². The fraction of sp³-hybridized carbons (Fsp3) is 0.222. The number of nitrogens with zero attached hydrogens (tertiary/aromatic N) is 1. The molecule has 2 aromatic carbocycles. The third-order valence-corrected chi connectivity index (χ3v) is 2.94. The van der Waals surface area contributed by atoms with Crippen LogP contribution in [0.15, 0.2) is 59.6 Å². The smallest absolute Gasteiger partial charge is 0.327 e. The molecule has 0 saturated carbocycles. The Bertz CT molecular complexity index is 663. The average molecular weight is 297 g/mol. The molecule has 2 aromatic rings. The van der Waals surface area contributed by atoms with Gasteiger partial charge in [0.25, 0.3) is 0 Å². The maximum absolute atomic E-state index is 11.7. The van der Waals surface area contributed by atoms with Crippen LogP contribution in [0.5, 0.6) is 5.75 Å². The Kier molecular flexibility index (Phi) is 5.31. The standard InChI is InChI=1S/C18H19NO3/c1-13(2)22-17(21)12-19-18(14-8-4-3-5-9-14)15-10-6-7-11-16(15)20/h3-11,13,20H,12H2,1-2H3. The van der Waals surface area contributed by atoms with Crippen molar-refractivity contribution in [2.75, 3.05) is 6.54 Å². The van der Waals surface area contributed by atoms with Crippen LogP contribution >= 0.6 is 0 Å². The van der Waals surface area contributed by atoms with Gasteiger partial charge in [-0.05, 0) is 26.0 Å². The van der Waals surface area contributed by atoms with Crippen LogP contribution in [0.4, 0.5) is 0 Å². The molecule has 0 aliphatic rings. The Morgan fingerprint density at radius 1 is 1.09 bits per heavy atom. The maximum Gasteiger partial charge on any atom is 0.327 e. The molecule has 1 N–H and O–H groups in total. The van der Waals surface area contributed by atoms with E-state index in [0.717, 1.165) is 5.56 Å². The summed E-state index contributed by atoms with van der Waals surface area (Å²) in [6, 6.07) is 16.4. The third kappa shape index (κ3) is 4.19. The number of aromatic hydroxyl groups is 1. The SMILES string of the molecule is CC(C)OC(=O)CN=C(c1ccccc1)c1ccccc1O. The lowest BCUT2D eigenvalue weighted by Crippen LogP contribution is -2.16. The summed E-state index contributed by atoms with van der Waals surface area (Å²) in [5.41, 5.74) is 1.99. The van der Waals surface area contributed by atoms with E-state index >= 15 is 0 Å². The Morgan fingerprint density at radius 3 is 2.36 bits per heavy atom. The van der Waals surface area contributed by atoms with Crippen molar-refractivity contribution < 1.29 is 14.6 Å². The lowest BCUT2D eigenvalue weighted by molar-refractivity contribution is -0.145. The molecule has 22 heavy (non-hydrogen) atoms. The monoisotopic (exact) mass is 297 g/mol. The van der Waals surface area contributed by atoms with E-state index in [2.05, 4.69) is 4.99 Å². The highest BCUT2D eigenvalue weighted by molar-refractivity contribution is 6.14. The summed E-state index contributed by atoms with van der Waals surface area (Å²) < 4.78 is 5.09. The molecule has 0 saturated heterocycles. The highest BCUT2D eigenvalue weighted by Gasteiger charge is 2.12. The number of phenolic OH excluding ortho intramolecular Hbond substituents is 1. The quantitative estimate of drug-likeness (QED) is 0.681. The van der Waals surface area contributed by atoms with Crippen LogP contribution in [0.25, 0.3) is 0 Å². The van der Waals surface area contributed by atoms with Gasteiger partial charge >= 0.3 is 5.97 Å². The lowest BCUT2D eigenvalue weighted by Gasteiger charge is -2.10. The van der Waals surface area contributed by atoms with Crippen LogP contribution in [0.2, 0.25) is 0 Å². The molecule has 4 heteroatoms. The van der Waals surface area contributed by atoms with Crippen LogP contribution in [0, 0.1) is 0 Å². The van der Waals surface area contributed by atoms with E-state index in [1.807, 2.05) is 36.4 Å². The second kappa shape index (κ2) is 7.41. The number of esters is 1. The predicted octanol–water partition coefficient (Wildman–Crippen LogP) is 3.18. The van der Waals surface area contributed by atoms with Gasteiger partial charge in [0.15, 0.2) is 0 Å². The van der Waals surface area contributed by atoms with E-state index in [9.17, 15) is 9.90 Å². The van der Waals surface area contributed by atoms with E-state index in [0.29, 0.717) is 11.3 Å². The molecular formula is C18H19NO3. The Hall–Kier alpha value is -2.62. The van der Waals surface area contributed by atoms with E-state index in [1.165, 1.54) is 0 Å². The molecule has 0 atom stereocenters. The van der Waals surface area contributed by atoms with Crippen LogP contribution in [-0.2, 0) is 9.53 Å². The molecule has 2 rings (SSSR count). The van der Waals surface area contributed by atoms with Gasteiger partial charge in [0, 0.05) is 11.1 Å². The van der Waals surface area contributed by atoms with E-state index < -0.39 is 0 Å². The summed E-state index contributed by atoms with van der Waals surface area (Å²) in [5, 5.41) is 10.1. The largest absolute Gasteiger partial charge is 0.507 e. The minimum absolute atomic E-state index is 0.0866. The van der Waals surface area contributed by atoms with Crippen molar-refractivity contribution >= 4 is 11.7 Å². The van der Waals surface area contributed by atoms with Gasteiger partial charge in [-0.15, -0.1) is 0 Å². The van der Waals surface area contributed by atoms with Crippen LogP contribution in [-0.4, -0.2) is 29.4 Å². The topological polar surface area (TPSA) is 58.9 Å². The molecule has 4 nitrogen and oxygen atoms in total. The first-order valence-electron chi connectivity index (χ1n) is 7.15. The van der Waals surface area contributed by atoms with E-state index in [-0.39, 0.29) is 24.4 Å². The number of carbonyl (C=O) groups excluding carboxylic acids is 1. The molecule has 0 radical (unpaired) electrons. The molecule has 0 fully saturated rings. The van der Waals surface area contributed by atoms with E-state index in [1.54, 1.807) is 32.0 Å². The second-order valence-corrected chi connectivity index (χ2v) is 5.09. The molecular weight excluding hydrogens is 278 g/mol. The molecule has 0 bridgehead atoms. The Balaban J connectivity index is 2.35. The van der Waals surface area contributed by atoms with Gasteiger partial charge in [0.05, 0.1) is 11.8 Å². The molecule has 0 aliphatic heterocycles. The Morgan fingerprint density at radius 2 is 1.73 bits per heavy atom. The second-order valence-electron chi connectivity index (χ2n) is 5.09. The average Bonchev–Trinajstić information content (AvgIpc) is 2.49. The summed E-state index contributed by atoms with van der Waals surface area (Å²) >= 11 is 0. The van der Waals surface area contributed by atoms with Crippen molar-refractivity contribution in [1.29, 1.82) is 0 Å². The summed E-state index contributed by atoms with van der Waals surface area (Å²) in [4.78, 5) is 16.1. The number of rotatable bonds is 5. The first-order chi connectivity index (χ1) is 10.6. The van der Waals surface area contributed by atoms with Gasteiger partial charge < -0.3 is 9.84 Å². The summed E-state index contributed by atoms with van der Waals surface area (Å²) in [6.07, 6.45) is -0.173. The third-order valence-electron chi connectivity index (χ3n) is 2.94. The maximum atomic E-state index is 11.7. The molecule has 0 unspecified atom stereocenters. The minimum atomic E-state index is -0.390. The highest BCUT2D eigenvalue weighted by atomic mass is 16.5. The number of ether oxygens (including phenoxy) is 1. The van der Waals surface area contributed by atoms with Gasteiger partial charge in [-0.25, -0.2) is 0 Å². The molecule has 0 aliphatic carbocycles. The zero-order valence-electron chi connectivity index (χ0n) is 12.7. The number of hydrogen-bond donors (Lipinski definition) is 1. The van der Waals surface area contributed by atoms with Crippen molar-refractivity contribution in [1.82, 2.24) is 0 Å². The van der Waals surface area contributed by atoms with Crippen LogP contribution in [0.1, 0.15) is 25.0 Å². The molecule has 0 aromatic heterocycles. The first-order valence-corrected chi connectivity index (χ1v) is 7.15. The number of carbonyl (C=O) groups is 1. The summed E-state index contributed by atoms with van der Waals surface area (Å²) in [6.45, 7) is 3.50. The number of para-hydroxylation sites is 1. The Labute approximate surface area is 130 Å². The number of aliphatic imine (C=N–C) groups is 1. The van der Waals surface area contributed by atoms with Crippen molar-refractivity contribution in [2.24, 2.45) is 4.99 Å². The zero-order valence-corrected chi connectivity index (χ0v) is 12.7. The lowest BCUT2D eigenvalue weighted by atomic mass is 10.0. The fourth-order valence-electron chi connectivity index (χ4n) is 2.05. The first kappa shape index (κ1) is 15.8. The van der Waals surface area contributed by atoms with Gasteiger partial charge in [-0.3, -0.25) is 9.79 Å². The number of phenols is 1. The zero-order chi connectivity index (χ0) is 15.9. The highest BCUT2D eigenvalue weighted by Crippen LogP contribution is 2.20. The van der Waals surface area contributed by atoms with Crippen LogP contribution < -0.4 is 0 Å². The van der Waals surface area contributed by atoms with Crippen molar-refractivity contribution in [3.63, 3.8) is 0 Å². The van der Waals surface area contributed by atoms with Gasteiger partial charge in [0.2, 0.25) is 0 Å². The molecule has 0 heterocycles.